The Hall–Kier alpha value is -1.61. The van der Waals surface area contributed by atoms with E-state index in [1.807, 2.05) is 17.5 Å². The van der Waals surface area contributed by atoms with Crippen LogP contribution >= 0.6 is 11.3 Å². The fourth-order valence-electron chi connectivity index (χ4n) is 1.69. The lowest BCUT2D eigenvalue weighted by molar-refractivity contribution is 1.12. The Morgan fingerprint density at radius 2 is 2.13 bits per heavy atom. The summed E-state index contributed by atoms with van der Waals surface area (Å²) in [5.74, 6) is 0. The molecule has 2 heterocycles. The molecule has 74 valence electrons. The van der Waals surface area contributed by atoms with Crippen LogP contribution in [0.2, 0.25) is 0 Å². The zero-order valence-corrected chi connectivity index (χ0v) is 9.14. The lowest BCUT2D eigenvalue weighted by Gasteiger charge is -1.96. The molecule has 2 nitrogen and oxygen atoms in total. The number of hydrogen-bond acceptors (Lipinski definition) is 2. The summed E-state index contributed by atoms with van der Waals surface area (Å²) in [7, 11) is 0. The molecule has 0 amide bonds. The van der Waals surface area contributed by atoms with Crippen molar-refractivity contribution in [2.75, 3.05) is 0 Å². The highest BCUT2D eigenvalue weighted by atomic mass is 32.1. The third-order valence-corrected chi connectivity index (χ3v) is 3.51. The number of thiophene rings is 1. The first kappa shape index (κ1) is 8.68. The van der Waals surface area contributed by atoms with Gasteiger partial charge in [0.15, 0.2) is 0 Å². The van der Waals surface area contributed by atoms with Gasteiger partial charge in [0, 0.05) is 15.1 Å². The van der Waals surface area contributed by atoms with Crippen LogP contribution in [0.1, 0.15) is 4.88 Å². The van der Waals surface area contributed by atoms with Gasteiger partial charge in [0.25, 0.3) is 0 Å². The predicted octanol–water partition coefficient (Wildman–Crippen LogP) is 3.60. The number of H-pyrrole nitrogens is 1. The van der Waals surface area contributed by atoms with Crippen molar-refractivity contribution < 1.29 is 0 Å². The van der Waals surface area contributed by atoms with Crippen LogP contribution in [0.25, 0.3) is 21.3 Å². The van der Waals surface area contributed by atoms with Crippen LogP contribution in [-0.4, -0.2) is 10.2 Å². The molecule has 3 heteroatoms. The van der Waals surface area contributed by atoms with Gasteiger partial charge in [-0.15, -0.1) is 11.3 Å². The highest BCUT2D eigenvalue weighted by Crippen LogP contribution is 2.29. The van der Waals surface area contributed by atoms with E-state index in [9.17, 15) is 0 Å². The Labute approximate surface area is 91.6 Å². The van der Waals surface area contributed by atoms with Crippen molar-refractivity contribution in [2.24, 2.45) is 0 Å². The van der Waals surface area contributed by atoms with Crippen LogP contribution in [0, 0.1) is 6.92 Å². The third kappa shape index (κ3) is 1.45. The van der Waals surface area contributed by atoms with Gasteiger partial charge in [-0.2, -0.15) is 5.10 Å². The highest BCUT2D eigenvalue weighted by molar-refractivity contribution is 7.15. The highest BCUT2D eigenvalue weighted by Gasteiger charge is 2.02. The van der Waals surface area contributed by atoms with Crippen LogP contribution in [0.15, 0.2) is 36.5 Å². The number of rotatable bonds is 1. The number of fused-ring (bicyclic) bond motifs is 1. The second kappa shape index (κ2) is 3.21. The molecule has 0 radical (unpaired) electrons. The molecular formula is C12H10N2S. The monoisotopic (exact) mass is 214 g/mol. The first-order chi connectivity index (χ1) is 7.33. The largest absolute Gasteiger partial charge is 0.278 e. The van der Waals surface area contributed by atoms with E-state index in [1.165, 1.54) is 20.7 Å². The Kier molecular flexibility index (Phi) is 1.86. The van der Waals surface area contributed by atoms with E-state index in [4.69, 9.17) is 0 Å². The smallest absolute Gasteiger partial charge is 0.0650 e. The third-order valence-electron chi connectivity index (χ3n) is 2.47. The minimum atomic E-state index is 1.09. The van der Waals surface area contributed by atoms with Gasteiger partial charge in [0.05, 0.1) is 11.7 Å². The number of nitrogens with zero attached hydrogens (tertiary/aromatic N) is 1. The van der Waals surface area contributed by atoms with Crippen LogP contribution in [0.4, 0.5) is 0 Å². The van der Waals surface area contributed by atoms with Crippen molar-refractivity contribution in [3.63, 3.8) is 0 Å². The Morgan fingerprint density at radius 3 is 2.93 bits per heavy atom. The molecule has 3 aromatic rings. The summed E-state index contributed by atoms with van der Waals surface area (Å²) < 4.78 is 0. The van der Waals surface area contributed by atoms with E-state index in [-0.39, 0.29) is 0 Å². The number of aromatic nitrogens is 2. The summed E-state index contributed by atoms with van der Waals surface area (Å²) in [6.07, 6.45) is 1.86. The van der Waals surface area contributed by atoms with Crippen molar-refractivity contribution in [1.29, 1.82) is 0 Å². The summed E-state index contributed by atoms with van der Waals surface area (Å²) in [5, 5.41) is 8.14. The number of aromatic amines is 1. The molecule has 3 rings (SSSR count). The van der Waals surface area contributed by atoms with Crippen molar-refractivity contribution in [3.8, 4) is 10.4 Å². The zero-order valence-electron chi connectivity index (χ0n) is 8.32. The van der Waals surface area contributed by atoms with Gasteiger partial charge in [-0.05, 0) is 36.8 Å². The fourth-order valence-corrected chi connectivity index (χ4v) is 2.55. The van der Waals surface area contributed by atoms with Crippen molar-refractivity contribution in [3.05, 3.63) is 41.4 Å². The molecule has 0 saturated carbocycles. The van der Waals surface area contributed by atoms with E-state index >= 15 is 0 Å². The van der Waals surface area contributed by atoms with Crippen LogP contribution in [-0.2, 0) is 0 Å². The van der Waals surface area contributed by atoms with E-state index in [1.54, 1.807) is 0 Å². The summed E-state index contributed by atoms with van der Waals surface area (Å²) in [6, 6.07) is 10.7. The maximum absolute atomic E-state index is 4.02. The standard InChI is InChI=1S/C12H10N2S/c1-8-2-5-12(15-8)9-3-4-11-10(6-9)7-13-14-11/h2-7H,1H3,(H,13,14). The molecule has 1 N–H and O–H groups in total. The molecular weight excluding hydrogens is 204 g/mol. The molecule has 0 unspecified atom stereocenters. The van der Waals surface area contributed by atoms with Crippen molar-refractivity contribution in [2.45, 2.75) is 6.92 Å². The van der Waals surface area contributed by atoms with Crippen molar-refractivity contribution >= 4 is 22.2 Å². The molecule has 0 aliphatic carbocycles. The Balaban J connectivity index is 2.18. The molecule has 0 atom stereocenters. The summed E-state index contributed by atoms with van der Waals surface area (Å²) in [4.78, 5) is 2.66. The number of hydrogen-bond donors (Lipinski definition) is 1. The Morgan fingerprint density at radius 1 is 1.20 bits per heavy atom. The van der Waals surface area contributed by atoms with Gasteiger partial charge in [-0.25, -0.2) is 0 Å². The first-order valence-corrected chi connectivity index (χ1v) is 5.64. The maximum Gasteiger partial charge on any atom is 0.0650 e. The summed E-state index contributed by atoms with van der Waals surface area (Å²) >= 11 is 1.82. The minimum absolute atomic E-state index is 1.09. The summed E-state index contributed by atoms with van der Waals surface area (Å²) in [5.41, 5.74) is 2.36. The van der Waals surface area contributed by atoms with Gasteiger partial charge >= 0.3 is 0 Å². The van der Waals surface area contributed by atoms with Crippen LogP contribution < -0.4 is 0 Å². The molecule has 0 bridgehead atoms. The lowest BCUT2D eigenvalue weighted by atomic mass is 10.1. The molecule has 0 saturated heterocycles. The second-order valence-electron chi connectivity index (χ2n) is 3.58. The molecule has 0 fully saturated rings. The normalized spacial score (nSPS) is 11.0. The van der Waals surface area contributed by atoms with E-state index < -0.39 is 0 Å². The van der Waals surface area contributed by atoms with Gasteiger partial charge in [-0.3, -0.25) is 5.10 Å². The van der Waals surface area contributed by atoms with Gasteiger partial charge < -0.3 is 0 Å². The van der Waals surface area contributed by atoms with Crippen LogP contribution in [0.5, 0.6) is 0 Å². The summed E-state index contributed by atoms with van der Waals surface area (Å²) in [6.45, 7) is 2.13. The predicted molar refractivity (Wildman–Crippen MR) is 64.1 cm³/mol. The molecule has 15 heavy (non-hydrogen) atoms. The molecule has 0 aliphatic heterocycles. The van der Waals surface area contributed by atoms with Crippen molar-refractivity contribution in [1.82, 2.24) is 10.2 Å². The number of benzene rings is 1. The molecule has 0 aliphatic rings. The minimum Gasteiger partial charge on any atom is -0.278 e. The van der Waals surface area contributed by atoms with E-state index in [0.717, 1.165) is 5.52 Å². The van der Waals surface area contributed by atoms with Gasteiger partial charge in [-0.1, -0.05) is 6.07 Å². The van der Waals surface area contributed by atoms with Gasteiger partial charge in [0.1, 0.15) is 0 Å². The Bertz CT molecular complexity index is 607. The average Bonchev–Trinajstić information content (AvgIpc) is 2.84. The molecule has 1 aromatic carbocycles. The average molecular weight is 214 g/mol. The number of aryl methyl sites for hydroxylation is 1. The topological polar surface area (TPSA) is 28.7 Å². The second-order valence-corrected chi connectivity index (χ2v) is 4.87. The maximum atomic E-state index is 4.02. The zero-order chi connectivity index (χ0) is 10.3. The van der Waals surface area contributed by atoms with E-state index in [2.05, 4.69) is 47.5 Å². The number of nitrogens with one attached hydrogen (secondary N) is 1. The fraction of sp³-hybridized carbons (Fsp3) is 0.0833. The SMILES string of the molecule is Cc1ccc(-c2ccc3[nH]ncc3c2)s1. The van der Waals surface area contributed by atoms with Gasteiger partial charge in [0.2, 0.25) is 0 Å². The molecule has 0 spiro atoms. The van der Waals surface area contributed by atoms with E-state index in [0.29, 0.717) is 0 Å². The lowest BCUT2D eigenvalue weighted by Crippen LogP contribution is -1.72. The van der Waals surface area contributed by atoms with Crippen LogP contribution in [0.3, 0.4) is 0 Å². The first-order valence-electron chi connectivity index (χ1n) is 4.83. The molecule has 2 aromatic heterocycles. The quantitative estimate of drug-likeness (QED) is 0.658.